The summed E-state index contributed by atoms with van der Waals surface area (Å²) in [6.45, 7) is 3.53. The molecular weight excluding hydrogens is 432 g/mol. The van der Waals surface area contributed by atoms with Gasteiger partial charge >= 0.3 is 6.03 Å². The predicted molar refractivity (Wildman–Crippen MR) is 127 cm³/mol. The number of carbonyl (C=O) groups excluding carboxylic acids is 2. The van der Waals surface area contributed by atoms with Crippen molar-refractivity contribution < 1.29 is 19.1 Å². The molecule has 0 aromatic heterocycles. The summed E-state index contributed by atoms with van der Waals surface area (Å²) in [5, 5.41) is 3.26. The largest absolute Gasteiger partial charge is 0.454 e. The van der Waals surface area contributed by atoms with Crippen LogP contribution in [0.25, 0.3) is 0 Å². The lowest BCUT2D eigenvalue weighted by Gasteiger charge is -2.40. The normalized spacial score (nSPS) is 23.0. The summed E-state index contributed by atoms with van der Waals surface area (Å²) in [5.41, 5.74) is 7.88. The third-order valence-corrected chi connectivity index (χ3v) is 7.21. The molecule has 2 aromatic rings. The molecule has 5 rings (SSSR count). The van der Waals surface area contributed by atoms with Crippen LogP contribution in [-0.2, 0) is 11.3 Å². The van der Waals surface area contributed by atoms with E-state index in [1.165, 1.54) is 5.56 Å². The summed E-state index contributed by atoms with van der Waals surface area (Å²) in [6.07, 6.45) is 2.94. The van der Waals surface area contributed by atoms with Gasteiger partial charge < -0.3 is 25.4 Å². The highest BCUT2D eigenvalue weighted by Crippen LogP contribution is 2.39. The number of urea groups is 1. The highest BCUT2D eigenvalue weighted by Gasteiger charge is 2.36. The van der Waals surface area contributed by atoms with Crippen LogP contribution in [0.5, 0.6) is 11.5 Å². The van der Waals surface area contributed by atoms with Gasteiger partial charge in [-0.3, -0.25) is 9.69 Å². The van der Waals surface area contributed by atoms with Gasteiger partial charge in [0.15, 0.2) is 11.5 Å². The molecule has 0 bridgehead atoms. The van der Waals surface area contributed by atoms with Crippen LogP contribution in [-0.4, -0.2) is 54.2 Å². The zero-order chi connectivity index (χ0) is 23.5. The van der Waals surface area contributed by atoms with Crippen molar-refractivity contribution in [3.05, 3.63) is 59.7 Å². The molecule has 3 amide bonds. The smallest absolute Gasteiger partial charge is 0.318 e. The standard InChI is InChI=1S/C26H32N4O4/c27-25(31)20-8-13-30(22(14-20)19-6-7-23-24(15-19)34-17-33-23)26(32)28-21-9-11-29(12-10-21)16-18-4-2-1-3-5-18/h1-7,15,20-22H,8-14,16-17H2,(H2,27,31)(H,28,32). The fourth-order valence-corrected chi connectivity index (χ4v) is 5.24. The second kappa shape index (κ2) is 9.93. The Labute approximate surface area is 200 Å². The Morgan fingerprint density at radius 2 is 1.74 bits per heavy atom. The highest BCUT2D eigenvalue weighted by atomic mass is 16.7. The number of amides is 3. The minimum atomic E-state index is -0.309. The van der Waals surface area contributed by atoms with Crippen LogP contribution in [0.3, 0.4) is 0 Å². The highest BCUT2D eigenvalue weighted by molar-refractivity contribution is 5.79. The first kappa shape index (κ1) is 22.5. The van der Waals surface area contributed by atoms with Crippen molar-refractivity contribution >= 4 is 11.9 Å². The van der Waals surface area contributed by atoms with Gasteiger partial charge in [-0.05, 0) is 48.9 Å². The van der Waals surface area contributed by atoms with Crippen LogP contribution in [0, 0.1) is 5.92 Å². The molecule has 3 heterocycles. The van der Waals surface area contributed by atoms with Crippen LogP contribution in [0.1, 0.15) is 42.9 Å². The Hall–Kier alpha value is -3.26. The first-order valence-corrected chi connectivity index (χ1v) is 12.1. The number of likely N-dealkylation sites (tertiary alicyclic amines) is 2. The maximum absolute atomic E-state index is 13.4. The third-order valence-electron chi connectivity index (χ3n) is 7.21. The summed E-state index contributed by atoms with van der Waals surface area (Å²) in [6, 6.07) is 16.0. The molecule has 8 nitrogen and oxygen atoms in total. The quantitative estimate of drug-likeness (QED) is 0.709. The summed E-state index contributed by atoms with van der Waals surface area (Å²) in [7, 11) is 0. The van der Waals surface area contributed by atoms with Gasteiger partial charge in [0, 0.05) is 38.1 Å². The van der Waals surface area contributed by atoms with E-state index >= 15 is 0 Å². The van der Waals surface area contributed by atoms with Crippen molar-refractivity contribution in [2.24, 2.45) is 11.7 Å². The molecule has 0 spiro atoms. The SMILES string of the molecule is NC(=O)C1CCN(C(=O)NC2CCN(Cc3ccccc3)CC2)C(c2ccc3c(c2)OCO3)C1. The number of piperidine rings is 2. The van der Waals surface area contributed by atoms with E-state index in [4.69, 9.17) is 15.2 Å². The second-order valence-electron chi connectivity index (χ2n) is 9.43. The van der Waals surface area contributed by atoms with Crippen molar-refractivity contribution in [3.8, 4) is 11.5 Å². The molecule has 2 fully saturated rings. The molecule has 180 valence electrons. The number of benzene rings is 2. The van der Waals surface area contributed by atoms with Gasteiger partial charge in [0.2, 0.25) is 12.7 Å². The Balaban J connectivity index is 1.22. The van der Waals surface area contributed by atoms with Gasteiger partial charge in [-0.15, -0.1) is 0 Å². The fraction of sp³-hybridized carbons (Fsp3) is 0.462. The summed E-state index contributed by atoms with van der Waals surface area (Å²) < 4.78 is 11.0. The van der Waals surface area contributed by atoms with Gasteiger partial charge in [0.1, 0.15) is 0 Å². The molecule has 0 aliphatic carbocycles. The molecule has 0 radical (unpaired) electrons. The summed E-state index contributed by atoms with van der Waals surface area (Å²) in [4.78, 5) is 29.6. The Bertz CT molecular complexity index is 1020. The minimum Gasteiger partial charge on any atom is -0.454 e. The van der Waals surface area contributed by atoms with Crippen molar-refractivity contribution in [2.75, 3.05) is 26.4 Å². The lowest BCUT2D eigenvalue weighted by molar-refractivity contribution is -0.123. The number of primary amides is 1. The average Bonchev–Trinajstić information content (AvgIpc) is 3.33. The maximum atomic E-state index is 13.4. The number of fused-ring (bicyclic) bond motifs is 1. The van der Waals surface area contributed by atoms with Crippen LogP contribution >= 0.6 is 0 Å². The van der Waals surface area contributed by atoms with Crippen LogP contribution in [0.4, 0.5) is 4.79 Å². The molecule has 34 heavy (non-hydrogen) atoms. The Morgan fingerprint density at radius 3 is 2.50 bits per heavy atom. The molecule has 2 aromatic carbocycles. The van der Waals surface area contributed by atoms with Gasteiger partial charge in [0.25, 0.3) is 0 Å². The summed E-state index contributed by atoms with van der Waals surface area (Å²) in [5.74, 6) is 0.811. The van der Waals surface area contributed by atoms with E-state index in [1.54, 1.807) is 0 Å². The van der Waals surface area contributed by atoms with Crippen LogP contribution in [0.15, 0.2) is 48.5 Å². The molecule has 3 aliphatic rings. The molecule has 2 saturated heterocycles. The summed E-state index contributed by atoms with van der Waals surface area (Å²) >= 11 is 0. The van der Waals surface area contributed by atoms with E-state index in [9.17, 15) is 9.59 Å². The van der Waals surface area contributed by atoms with E-state index in [2.05, 4.69) is 34.5 Å². The van der Waals surface area contributed by atoms with Crippen molar-refractivity contribution in [1.29, 1.82) is 0 Å². The minimum absolute atomic E-state index is 0.0768. The van der Waals surface area contributed by atoms with E-state index in [-0.39, 0.29) is 36.7 Å². The molecule has 3 aliphatic heterocycles. The van der Waals surface area contributed by atoms with Crippen molar-refractivity contribution in [1.82, 2.24) is 15.1 Å². The fourth-order valence-electron chi connectivity index (χ4n) is 5.24. The number of nitrogens with one attached hydrogen (secondary N) is 1. The zero-order valence-corrected chi connectivity index (χ0v) is 19.3. The van der Waals surface area contributed by atoms with Gasteiger partial charge in [-0.1, -0.05) is 36.4 Å². The first-order chi connectivity index (χ1) is 16.6. The van der Waals surface area contributed by atoms with Gasteiger partial charge in [0.05, 0.1) is 6.04 Å². The lowest BCUT2D eigenvalue weighted by Crippen LogP contribution is -2.52. The number of carbonyl (C=O) groups is 2. The molecular formula is C26H32N4O4. The maximum Gasteiger partial charge on any atom is 0.318 e. The number of ether oxygens (including phenoxy) is 2. The zero-order valence-electron chi connectivity index (χ0n) is 19.3. The number of hydrogen-bond donors (Lipinski definition) is 2. The van der Waals surface area contributed by atoms with Crippen molar-refractivity contribution in [2.45, 2.75) is 44.3 Å². The molecule has 3 N–H and O–H groups in total. The van der Waals surface area contributed by atoms with Gasteiger partial charge in [-0.25, -0.2) is 4.79 Å². The van der Waals surface area contributed by atoms with Crippen LogP contribution < -0.4 is 20.5 Å². The number of hydrogen-bond acceptors (Lipinski definition) is 5. The number of nitrogens with two attached hydrogens (primary N) is 1. The Kier molecular flexibility index (Phi) is 6.58. The van der Waals surface area contributed by atoms with E-state index in [1.807, 2.05) is 29.2 Å². The third kappa shape index (κ3) is 4.97. The van der Waals surface area contributed by atoms with E-state index in [0.29, 0.717) is 30.9 Å². The average molecular weight is 465 g/mol. The predicted octanol–water partition coefficient (Wildman–Crippen LogP) is 3.03. The Morgan fingerprint density at radius 1 is 0.971 bits per heavy atom. The first-order valence-electron chi connectivity index (χ1n) is 12.1. The van der Waals surface area contributed by atoms with Crippen molar-refractivity contribution in [3.63, 3.8) is 0 Å². The van der Waals surface area contributed by atoms with E-state index in [0.717, 1.165) is 38.0 Å². The second-order valence-corrected chi connectivity index (χ2v) is 9.43. The molecule has 2 unspecified atom stereocenters. The number of nitrogens with zero attached hydrogens (tertiary/aromatic N) is 2. The monoisotopic (exact) mass is 464 g/mol. The van der Waals surface area contributed by atoms with Gasteiger partial charge in [-0.2, -0.15) is 0 Å². The van der Waals surface area contributed by atoms with Crippen LogP contribution in [0.2, 0.25) is 0 Å². The topological polar surface area (TPSA) is 97.1 Å². The van der Waals surface area contributed by atoms with E-state index < -0.39 is 0 Å². The number of rotatable bonds is 5. The molecule has 2 atom stereocenters. The lowest BCUT2D eigenvalue weighted by atomic mass is 9.86. The molecule has 0 saturated carbocycles. The molecule has 8 heteroatoms.